The van der Waals surface area contributed by atoms with E-state index in [-0.39, 0.29) is 12.1 Å². The first-order chi connectivity index (χ1) is 10.4. The molecule has 0 aliphatic rings. The van der Waals surface area contributed by atoms with Crippen LogP contribution in [0.2, 0.25) is 5.02 Å². The molecular formula is C17H17ClFNO2. The number of aryl methyl sites for hydroxylation is 1. The minimum Gasteiger partial charge on any atom is -0.481 e. The van der Waals surface area contributed by atoms with Gasteiger partial charge in [0.15, 0.2) is 5.82 Å². The minimum atomic E-state index is -0.927. The summed E-state index contributed by atoms with van der Waals surface area (Å²) >= 11 is 5.88. The fraction of sp³-hybridized carbons (Fsp3) is 0.235. The molecule has 0 spiro atoms. The molecule has 2 N–H and O–H groups in total. The zero-order valence-electron chi connectivity index (χ0n) is 12.4. The lowest BCUT2D eigenvalue weighted by atomic mass is 10.0. The lowest BCUT2D eigenvalue weighted by molar-refractivity contribution is -0.136. The molecule has 0 saturated heterocycles. The average Bonchev–Trinajstić information content (AvgIpc) is 2.48. The summed E-state index contributed by atoms with van der Waals surface area (Å²) < 4.78 is 14.2. The third-order valence-electron chi connectivity index (χ3n) is 3.51. The molecule has 2 aromatic rings. The fourth-order valence-electron chi connectivity index (χ4n) is 2.20. The topological polar surface area (TPSA) is 49.3 Å². The molecule has 3 nitrogen and oxygen atoms in total. The molecule has 0 amide bonds. The fourth-order valence-corrected chi connectivity index (χ4v) is 2.35. The van der Waals surface area contributed by atoms with E-state index in [0.717, 1.165) is 12.0 Å². The first-order valence-electron chi connectivity index (χ1n) is 6.97. The van der Waals surface area contributed by atoms with Crippen molar-refractivity contribution < 1.29 is 14.3 Å². The number of hydrogen-bond acceptors (Lipinski definition) is 2. The van der Waals surface area contributed by atoms with Crippen LogP contribution in [0.5, 0.6) is 0 Å². The van der Waals surface area contributed by atoms with Crippen LogP contribution in [0.25, 0.3) is 0 Å². The smallest absolute Gasteiger partial charge is 0.307 e. The Morgan fingerprint density at radius 3 is 2.59 bits per heavy atom. The van der Waals surface area contributed by atoms with E-state index in [1.54, 1.807) is 25.1 Å². The van der Waals surface area contributed by atoms with E-state index in [9.17, 15) is 9.18 Å². The summed E-state index contributed by atoms with van der Waals surface area (Å²) in [6.45, 7) is 3.59. The summed E-state index contributed by atoms with van der Waals surface area (Å²) in [4.78, 5) is 11.0. The van der Waals surface area contributed by atoms with E-state index in [1.807, 2.05) is 19.1 Å². The normalized spacial score (nSPS) is 10.5. The van der Waals surface area contributed by atoms with E-state index in [4.69, 9.17) is 16.7 Å². The van der Waals surface area contributed by atoms with Crippen LogP contribution in [0.3, 0.4) is 0 Å². The number of benzene rings is 2. The Morgan fingerprint density at radius 2 is 1.95 bits per heavy atom. The molecule has 0 saturated carbocycles. The van der Waals surface area contributed by atoms with Gasteiger partial charge >= 0.3 is 5.97 Å². The number of hydrogen-bond donors (Lipinski definition) is 2. The predicted molar refractivity (Wildman–Crippen MR) is 86.6 cm³/mol. The largest absolute Gasteiger partial charge is 0.481 e. The molecule has 0 radical (unpaired) electrons. The van der Waals surface area contributed by atoms with Crippen molar-refractivity contribution in [1.82, 2.24) is 0 Å². The second kappa shape index (κ2) is 6.79. The highest BCUT2D eigenvalue weighted by Gasteiger charge is 2.12. The number of rotatable bonds is 5. The summed E-state index contributed by atoms with van der Waals surface area (Å²) in [6.07, 6.45) is 0.686. The second-order valence-electron chi connectivity index (χ2n) is 5.07. The van der Waals surface area contributed by atoms with Crippen LogP contribution in [-0.4, -0.2) is 11.1 Å². The Morgan fingerprint density at radius 1 is 1.27 bits per heavy atom. The zero-order chi connectivity index (χ0) is 16.3. The molecular weight excluding hydrogens is 305 g/mol. The minimum absolute atomic E-state index is 0.121. The van der Waals surface area contributed by atoms with Gasteiger partial charge in [-0.25, -0.2) is 4.39 Å². The molecule has 0 heterocycles. The monoisotopic (exact) mass is 321 g/mol. The third kappa shape index (κ3) is 3.57. The number of carbonyl (C=O) groups is 1. The highest BCUT2D eigenvalue weighted by atomic mass is 35.5. The van der Waals surface area contributed by atoms with Gasteiger partial charge in [0, 0.05) is 16.3 Å². The quantitative estimate of drug-likeness (QED) is 0.837. The van der Waals surface area contributed by atoms with Crippen molar-refractivity contribution in [3.63, 3.8) is 0 Å². The number of carboxylic acid groups (broad SMARTS) is 1. The molecule has 0 bridgehead atoms. The van der Waals surface area contributed by atoms with Crippen LogP contribution in [0.4, 0.5) is 15.8 Å². The Labute approximate surface area is 133 Å². The van der Waals surface area contributed by atoms with E-state index >= 15 is 0 Å². The van der Waals surface area contributed by atoms with Crippen molar-refractivity contribution >= 4 is 28.9 Å². The van der Waals surface area contributed by atoms with E-state index in [0.29, 0.717) is 21.8 Å². The van der Waals surface area contributed by atoms with Crippen molar-refractivity contribution in [2.45, 2.75) is 26.7 Å². The van der Waals surface area contributed by atoms with Crippen LogP contribution in [0.1, 0.15) is 23.6 Å². The van der Waals surface area contributed by atoms with Gasteiger partial charge < -0.3 is 10.4 Å². The van der Waals surface area contributed by atoms with Gasteiger partial charge in [0.2, 0.25) is 0 Å². The first kappa shape index (κ1) is 16.3. The summed E-state index contributed by atoms with van der Waals surface area (Å²) in [7, 11) is 0. The second-order valence-corrected chi connectivity index (χ2v) is 5.48. The van der Waals surface area contributed by atoms with Crippen LogP contribution in [0, 0.1) is 12.7 Å². The van der Waals surface area contributed by atoms with Crippen LogP contribution in [0.15, 0.2) is 30.3 Å². The first-order valence-corrected chi connectivity index (χ1v) is 7.35. The summed E-state index contributed by atoms with van der Waals surface area (Å²) in [5.74, 6) is -1.36. The summed E-state index contributed by atoms with van der Waals surface area (Å²) in [6, 6.07) is 8.66. The maximum absolute atomic E-state index is 14.2. The van der Waals surface area contributed by atoms with Crippen LogP contribution >= 0.6 is 11.6 Å². The van der Waals surface area contributed by atoms with Crippen molar-refractivity contribution in [2.75, 3.05) is 5.32 Å². The van der Waals surface area contributed by atoms with Crippen LogP contribution < -0.4 is 5.32 Å². The van der Waals surface area contributed by atoms with E-state index < -0.39 is 11.8 Å². The highest BCUT2D eigenvalue weighted by molar-refractivity contribution is 6.31. The number of anilines is 2. The van der Waals surface area contributed by atoms with Crippen molar-refractivity contribution in [1.29, 1.82) is 0 Å². The third-order valence-corrected chi connectivity index (χ3v) is 3.92. The van der Waals surface area contributed by atoms with Crippen LogP contribution in [-0.2, 0) is 17.6 Å². The molecule has 0 unspecified atom stereocenters. The number of carboxylic acids is 1. The number of aliphatic carboxylic acids is 1. The molecule has 5 heteroatoms. The summed E-state index contributed by atoms with van der Waals surface area (Å²) in [5.41, 5.74) is 2.88. The Bertz CT molecular complexity index is 716. The van der Waals surface area contributed by atoms with Gasteiger partial charge in [0.25, 0.3) is 0 Å². The van der Waals surface area contributed by atoms with Crippen molar-refractivity contribution in [3.8, 4) is 0 Å². The maximum Gasteiger partial charge on any atom is 0.307 e. The zero-order valence-corrected chi connectivity index (χ0v) is 13.2. The summed E-state index contributed by atoms with van der Waals surface area (Å²) in [5, 5.41) is 12.4. The Kier molecular flexibility index (Phi) is 5.03. The van der Waals surface area contributed by atoms with Crippen molar-refractivity contribution in [2.24, 2.45) is 0 Å². The lowest BCUT2D eigenvalue weighted by Crippen LogP contribution is -2.05. The Hall–Kier alpha value is -2.07. The molecule has 0 atom stereocenters. The number of nitrogens with one attached hydrogen (secondary N) is 1. The van der Waals surface area contributed by atoms with Gasteiger partial charge in [-0.15, -0.1) is 0 Å². The van der Waals surface area contributed by atoms with Gasteiger partial charge in [-0.3, -0.25) is 4.79 Å². The van der Waals surface area contributed by atoms with E-state index in [2.05, 4.69) is 5.32 Å². The standard InChI is InChI=1S/C17H17ClFNO2/c1-3-11-4-6-14(12(8-11)9-16(21)22)20-15-7-5-13(18)10(2)17(15)19/h4-8,20H,3,9H2,1-2H3,(H,21,22). The van der Waals surface area contributed by atoms with Gasteiger partial charge in [0.1, 0.15) is 0 Å². The predicted octanol–water partition coefficient (Wildman–Crippen LogP) is 4.72. The molecule has 22 heavy (non-hydrogen) atoms. The van der Waals surface area contributed by atoms with Crippen molar-refractivity contribution in [3.05, 3.63) is 57.9 Å². The van der Waals surface area contributed by atoms with Gasteiger partial charge in [0.05, 0.1) is 12.1 Å². The molecule has 2 rings (SSSR count). The van der Waals surface area contributed by atoms with Gasteiger partial charge in [-0.2, -0.15) is 0 Å². The molecule has 116 valence electrons. The molecule has 0 fully saturated rings. The van der Waals surface area contributed by atoms with E-state index in [1.165, 1.54) is 0 Å². The molecule has 0 aromatic heterocycles. The number of halogens is 2. The average molecular weight is 322 g/mol. The SMILES string of the molecule is CCc1ccc(Nc2ccc(Cl)c(C)c2F)c(CC(=O)O)c1. The Balaban J connectivity index is 2.40. The van der Waals surface area contributed by atoms with Gasteiger partial charge in [-0.1, -0.05) is 30.7 Å². The molecule has 2 aromatic carbocycles. The lowest BCUT2D eigenvalue weighted by Gasteiger charge is -2.14. The maximum atomic E-state index is 14.2. The molecule has 0 aliphatic heterocycles. The van der Waals surface area contributed by atoms with Gasteiger partial charge in [-0.05, 0) is 42.7 Å². The molecule has 0 aliphatic carbocycles. The highest BCUT2D eigenvalue weighted by Crippen LogP contribution is 2.29.